The standard InChI is InChI=1S/C26H25NO7/c1-31-18-9-7-17(8-10-18)23-22(24(28)20-5-4-14-34-20)25(29)26(30)27(23)13-12-16-6-11-19(32-2)21(15-16)33-3/h4-11,14-15,23,29H,12-13H2,1-3H3/t23-/m1/s1. The topological polar surface area (TPSA) is 98.4 Å². The highest BCUT2D eigenvalue weighted by molar-refractivity contribution is 6.15. The number of aliphatic hydroxyl groups excluding tert-OH is 1. The monoisotopic (exact) mass is 463 g/mol. The van der Waals surface area contributed by atoms with Gasteiger partial charge < -0.3 is 28.6 Å². The predicted octanol–water partition coefficient (Wildman–Crippen LogP) is 4.13. The Bertz CT molecular complexity index is 1210. The lowest BCUT2D eigenvalue weighted by atomic mass is 9.95. The van der Waals surface area contributed by atoms with Crippen molar-refractivity contribution in [3.63, 3.8) is 0 Å². The quantitative estimate of drug-likeness (QED) is 0.477. The molecule has 3 aromatic rings. The van der Waals surface area contributed by atoms with Crippen LogP contribution < -0.4 is 14.2 Å². The van der Waals surface area contributed by atoms with Gasteiger partial charge in [0, 0.05) is 6.54 Å². The molecule has 8 nitrogen and oxygen atoms in total. The highest BCUT2D eigenvalue weighted by atomic mass is 16.5. The zero-order valence-electron chi connectivity index (χ0n) is 19.1. The van der Waals surface area contributed by atoms with Gasteiger partial charge in [0.15, 0.2) is 23.0 Å². The van der Waals surface area contributed by atoms with Crippen molar-refractivity contribution in [1.82, 2.24) is 4.90 Å². The fraction of sp³-hybridized carbons (Fsp3) is 0.231. The van der Waals surface area contributed by atoms with Gasteiger partial charge in [-0.1, -0.05) is 18.2 Å². The zero-order chi connectivity index (χ0) is 24.2. The Morgan fingerprint density at radius 1 is 1.00 bits per heavy atom. The van der Waals surface area contributed by atoms with Gasteiger partial charge in [0.05, 0.1) is 39.2 Å². The van der Waals surface area contributed by atoms with E-state index in [1.807, 2.05) is 12.1 Å². The van der Waals surface area contributed by atoms with E-state index >= 15 is 0 Å². The number of furan rings is 1. The second-order valence-electron chi connectivity index (χ2n) is 7.68. The minimum Gasteiger partial charge on any atom is -0.503 e. The third-order valence-electron chi connectivity index (χ3n) is 5.81. The van der Waals surface area contributed by atoms with E-state index in [-0.39, 0.29) is 17.9 Å². The normalized spacial score (nSPS) is 15.6. The van der Waals surface area contributed by atoms with Crippen molar-refractivity contribution in [2.24, 2.45) is 0 Å². The van der Waals surface area contributed by atoms with Gasteiger partial charge in [0.25, 0.3) is 5.91 Å². The first-order valence-corrected chi connectivity index (χ1v) is 10.7. The number of rotatable bonds is 9. The SMILES string of the molecule is COc1ccc([C@@H]2C(C(=O)c3ccco3)=C(O)C(=O)N2CCc2ccc(OC)c(OC)c2)cc1. The van der Waals surface area contributed by atoms with Crippen LogP contribution in [-0.2, 0) is 11.2 Å². The summed E-state index contributed by atoms with van der Waals surface area (Å²) >= 11 is 0. The van der Waals surface area contributed by atoms with Gasteiger partial charge in [-0.2, -0.15) is 0 Å². The van der Waals surface area contributed by atoms with Crippen LogP contribution in [-0.4, -0.2) is 49.6 Å². The van der Waals surface area contributed by atoms with Crippen LogP contribution in [0.15, 0.2) is 76.6 Å². The molecule has 8 heteroatoms. The minimum atomic E-state index is -0.781. The number of methoxy groups -OCH3 is 3. The number of aliphatic hydroxyl groups is 1. The molecule has 0 spiro atoms. The number of nitrogens with zero attached hydrogens (tertiary/aromatic N) is 1. The van der Waals surface area contributed by atoms with E-state index in [0.29, 0.717) is 29.2 Å². The molecule has 176 valence electrons. The zero-order valence-corrected chi connectivity index (χ0v) is 19.1. The molecule has 0 unspecified atom stereocenters. The van der Waals surface area contributed by atoms with Gasteiger partial charge in [-0.15, -0.1) is 0 Å². The Morgan fingerprint density at radius 3 is 2.35 bits per heavy atom. The first kappa shape index (κ1) is 23.0. The lowest BCUT2D eigenvalue weighted by Gasteiger charge is -2.27. The Morgan fingerprint density at radius 2 is 1.74 bits per heavy atom. The van der Waals surface area contributed by atoms with Gasteiger partial charge in [-0.3, -0.25) is 9.59 Å². The first-order chi connectivity index (χ1) is 16.5. The molecule has 0 radical (unpaired) electrons. The van der Waals surface area contributed by atoms with Gasteiger partial charge in [-0.05, 0) is 53.9 Å². The number of carbonyl (C=O) groups excluding carboxylic acids is 2. The Kier molecular flexibility index (Phi) is 6.58. The van der Waals surface area contributed by atoms with E-state index in [4.69, 9.17) is 18.6 Å². The molecule has 0 bridgehead atoms. The average Bonchev–Trinajstić information content (AvgIpc) is 3.50. The molecule has 1 amide bonds. The number of Topliss-reactive ketones (excluding diaryl/α,β-unsaturated/α-hetero) is 1. The third-order valence-corrected chi connectivity index (χ3v) is 5.81. The van der Waals surface area contributed by atoms with Crippen molar-refractivity contribution in [2.45, 2.75) is 12.5 Å². The molecule has 1 aliphatic heterocycles. The van der Waals surface area contributed by atoms with Crippen LogP contribution in [0.5, 0.6) is 17.2 Å². The van der Waals surface area contributed by atoms with E-state index in [1.165, 1.54) is 17.2 Å². The molecule has 2 aromatic carbocycles. The first-order valence-electron chi connectivity index (χ1n) is 10.7. The van der Waals surface area contributed by atoms with Gasteiger partial charge >= 0.3 is 0 Å². The summed E-state index contributed by atoms with van der Waals surface area (Å²) in [7, 11) is 4.67. The van der Waals surface area contributed by atoms with E-state index < -0.39 is 23.5 Å². The maximum Gasteiger partial charge on any atom is 0.290 e. The smallest absolute Gasteiger partial charge is 0.290 e. The molecule has 0 aliphatic carbocycles. The number of carbonyl (C=O) groups is 2. The summed E-state index contributed by atoms with van der Waals surface area (Å²) in [6, 6.07) is 14.9. The maximum absolute atomic E-state index is 13.2. The largest absolute Gasteiger partial charge is 0.503 e. The van der Waals surface area contributed by atoms with Crippen molar-refractivity contribution >= 4 is 11.7 Å². The summed E-state index contributed by atoms with van der Waals surface area (Å²) in [5, 5.41) is 10.7. The van der Waals surface area contributed by atoms with Crippen LogP contribution >= 0.6 is 0 Å². The number of amides is 1. The number of benzene rings is 2. The summed E-state index contributed by atoms with van der Waals surface area (Å²) in [4.78, 5) is 27.8. The number of hydrogen-bond donors (Lipinski definition) is 1. The van der Waals surface area contributed by atoms with Crippen molar-refractivity contribution in [3.05, 3.63) is 89.1 Å². The summed E-state index contributed by atoms with van der Waals surface area (Å²) in [5.74, 6) is 0.141. The minimum absolute atomic E-state index is 0.0163. The Balaban J connectivity index is 1.67. The predicted molar refractivity (Wildman–Crippen MR) is 123 cm³/mol. The van der Waals surface area contributed by atoms with Gasteiger partial charge in [0.1, 0.15) is 5.75 Å². The molecule has 0 fully saturated rings. The molecule has 0 saturated heterocycles. The lowest BCUT2D eigenvalue weighted by Crippen LogP contribution is -2.33. The van der Waals surface area contributed by atoms with Crippen molar-refractivity contribution in [1.29, 1.82) is 0 Å². The molecule has 1 aromatic heterocycles. The van der Waals surface area contributed by atoms with E-state index in [9.17, 15) is 14.7 Å². The lowest BCUT2D eigenvalue weighted by molar-refractivity contribution is -0.129. The second kappa shape index (κ2) is 9.74. The average molecular weight is 463 g/mol. The summed E-state index contributed by atoms with van der Waals surface area (Å²) in [6.07, 6.45) is 1.84. The number of hydrogen-bond acceptors (Lipinski definition) is 7. The van der Waals surface area contributed by atoms with E-state index in [1.54, 1.807) is 57.7 Å². The Labute approximate surface area is 197 Å². The second-order valence-corrected chi connectivity index (χ2v) is 7.68. The van der Waals surface area contributed by atoms with Crippen molar-refractivity contribution < 1.29 is 33.3 Å². The van der Waals surface area contributed by atoms with Crippen LogP contribution in [0.1, 0.15) is 27.7 Å². The third kappa shape index (κ3) is 4.22. The van der Waals surface area contributed by atoms with Crippen molar-refractivity contribution in [3.8, 4) is 17.2 Å². The maximum atomic E-state index is 13.2. The summed E-state index contributed by atoms with van der Waals surface area (Å²) < 4.78 is 21.1. The van der Waals surface area contributed by atoms with Crippen LogP contribution in [0.2, 0.25) is 0 Å². The van der Waals surface area contributed by atoms with Crippen LogP contribution in [0.4, 0.5) is 0 Å². The summed E-state index contributed by atoms with van der Waals surface area (Å²) in [6.45, 7) is 0.254. The Hall–Kier alpha value is -4.20. The molecule has 0 saturated carbocycles. The molecule has 1 aliphatic rings. The molecule has 34 heavy (non-hydrogen) atoms. The van der Waals surface area contributed by atoms with Crippen molar-refractivity contribution in [2.75, 3.05) is 27.9 Å². The van der Waals surface area contributed by atoms with Crippen LogP contribution in [0, 0.1) is 0 Å². The molecular weight excluding hydrogens is 438 g/mol. The molecule has 1 N–H and O–H groups in total. The van der Waals surface area contributed by atoms with Crippen LogP contribution in [0.25, 0.3) is 0 Å². The highest BCUT2D eigenvalue weighted by Crippen LogP contribution is 2.39. The number of ketones is 1. The molecular formula is C26H25NO7. The van der Waals surface area contributed by atoms with Gasteiger partial charge in [-0.25, -0.2) is 0 Å². The van der Waals surface area contributed by atoms with E-state index in [0.717, 1.165) is 5.56 Å². The molecule has 2 heterocycles. The molecule has 4 rings (SSSR count). The number of ether oxygens (including phenoxy) is 3. The fourth-order valence-electron chi connectivity index (χ4n) is 4.08. The van der Waals surface area contributed by atoms with Crippen LogP contribution in [0.3, 0.4) is 0 Å². The van der Waals surface area contributed by atoms with Gasteiger partial charge in [0.2, 0.25) is 5.78 Å². The fourth-order valence-corrected chi connectivity index (χ4v) is 4.08. The molecule has 1 atom stereocenters. The highest BCUT2D eigenvalue weighted by Gasteiger charge is 2.44. The summed E-state index contributed by atoms with van der Waals surface area (Å²) in [5.41, 5.74) is 1.56. The van der Waals surface area contributed by atoms with E-state index in [2.05, 4.69) is 0 Å².